The summed E-state index contributed by atoms with van der Waals surface area (Å²) in [6, 6.07) is 5.84. The zero-order chi connectivity index (χ0) is 16.1. The zero-order valence-electron chi connectivity index (χ0n) is 11.6. The first kappa shape index (κ1) is 16.1. The smallest absolute Gasteiger partial charge is 0.307 e. The number of hydrogen-bond acceptors (Lipinski definition) is 4. The van der Waals surface area contributed by atoms with Crippen molar-refractivity contribution in [1.29, 1.82) is 0 Å². The van der Waals surface area contributed by atoms with E-state index in [4.69, 9.17) is 0 Å². The number of amides is 1. The molecule has 1 unspecified atom stereocenters. The molecule has 0 radical (unpaired) electrons. The molecule has 0 bridgehead atoms. The van der Waals surface area contributed by atoms with Crippen LogP contribution in [-0.4, -0.2) is 19.0 Å². The number of rotatable bonds is 5. The van der Waals surface area contributed by atoms with Gasteiger partial charge in [-0.3, -0.25) is 9.59 Å². The van der Waals surface area contributed by atoms with Gasteiger partial charge in [-0.05, 0) is 29.6 Å². The second-order valence-corrected chi connectivity index (χ2v) is 5.43. The lowest BCUT2D eigenvalue weighted by Gasteiger charge is -2.16. The van der Waals surface area contributed by atoms with Crippen molar-refractivity contribution in [2.75, 3.05) is 7.11 Å². The Kier molecular flexibility index (Phi) is 5.21. The fourth-order valence-electron chi connectivity index (χ4n) is 1.84. The Hall–Kier alpha value is -2.28. The number of thiophene rings is 1. The van der Waals surface area contributed by atoms with E-state index in [2.05, 4.69) is 10.1 Å². The maximum atomic E-state index is 13.2. The number of esters is 1. The minimum atomic E-state index is -1.10. The fraction of sp³-hybridized carbons (Fsp3) is 0.200. The van der Waals surface area contributed by atoms with E-state index in [-0.39, 0.29) is 12.0 Å². The van der Waals surface area contributed by atoms with Crippen molar-refractivity contribution in [2.24, 2.45) is 0 Å². The van der Waals surface area contributed by atoms with Crippen molar-refractivity contribution in [3.05, 3.63) is 57.8 Å². The molecule has 116 valence electrons. The molecular weight excluding hydrogens is 312 g/mol. The second kappa shape index (κ2) is 7.13. The van der Waals surface area contributed by atoms with Crippen LogP contribution in [0.5, 0.6) is 0 Å². The molecule has 2 rings (SSSR count). The molecule has 1 aromatic heterocycles. The van der Waals surface area contributed by atoms with Gasteiger partial charge >= 0.3 is 5.97 Å². The quantitative estimate of drug-likeness (QED) is 0.860. The van der Waals surface area contributed by atoms with Crippen LogP contribution < -0.4 is 5.32 Å². The lowest BCUT2D eigenvalue weighted by Crippen LogP contribution is -2.30. The molecule has 0 saturated heterocycles. The summed E-state index contributed by atoms with van der Waals surface area (Å²) in [5.74, 6) is -3.21. The topological polar surface area (TPSA) is 55.4 Å². The van der Waals surface area contributed by atoms with E-state index >= 15 is 0 Å². The van der Waals surface area contributed by atoms with E-state index in [0.717, 1.165) is 17.0 Å². The largest absolute Gasteiger partial charge is 0.469 e. The summed E-state index contributed by atoms with van der Waals surface area (Å²) in [4.78, 5) is 24.4. The van der Waals surface area contributed by atoms with Gasteiger partial charge in [-0.1, -0.05) is 6.07 Å². The van der Waals surface area contributed by atoms with Crippen molar-refractivity contribution in [2.45, 2.75) is 12.5 Å². The standard InChI is InChI=1S/C15H13F2NO3S/c1-21-14(19)8-12(13-3-2-6-22-13)18-15(20)9-4-5-10(16)11(17)7-9/h2-7,12H,8H2,1H3,(H,18,20). The van der Waals surface area contributed by atoms with Gasteiger partial charge in [-0.2, -0.15) is 0 Å². The van der Waals surface area contributed by atoms with Gasteiger partial charge in [0.1, 0.15) is 0 Å². The Bertz CT molecular complexity index is 673. The SMILES string of the molecule is COC(=O)CC(NC(=O)c1ccc(F)c(F)c1)c1cccs1. The van der Waals surface area contributed by atoms with Crippen molar-refractivity contribution < 1.29 is 23.1 Å². The van der Waals surface area contributed by atoms with Crippen molar-refractivity contribution in [3.63, 3.8) is 0 Å². The van der Waals surface area contributed by atoms with Crippen LogP contribution in [0.3, 0.4) is 0 Å². The van der Waals surface area contributed by atoms with Gasteiger partial charge in [0.15, 0.2) is 11.6 Å². The van der Waals surface area contributed by atoms with Gasteiger partial charge in [0, 0.05) is 10.4 Å². The van der Waals surface area contributed by atoms with Crippen molar-refractivity contribution >= 4 is 23.2 Å². The first-order chi connectivity index (χ1) is 10.5. The minimum absolute atomic E-state index is 0.0229. The molecule has 1 atom stereocenters. The van der Waals surface area contributed by atoms with Crippen LogP contribution in [0.2, 0.25) is 0 Å². The molecule has 1 N–H and O–H groups in total. The number of ether oxygens (including phenoxy) is 1. The van der Waals surface area contributed by atoms with Crippen LogP contribution >= 0.6 is 11.3 Å². The lowest BCUT2D eigenvalue weighted by atomic mass is 10.1. The lowest BCUT2D eigenvalue weighted by molar-refractivity contribution is -0.141. The average Bonchev–Trinajstić information content (AvgIpc) is 3.03. The Morgan fingerprint density at radius 2 is 2.05 bits per heavy atom. The van der Waals surface area contributed by atoms with Gasteiger partial charge in [0.2, 0.25) is 0 Å². The highest BCUT2D eigenvalue weighted by atomic mass is 32.1. The molecular formula is C15H13F2NO3S. The Morgan fingerprint density at radius 3 is 2.64 bits per heavy atom. The summed E-state index contributed by atoms with van der Waals surface area (Å²) in [6.07, 6.45) is -0.0492. The third-order valence-corrected chi connectivity index (χ3v) is 3.96. The molecule has 1 aromatic carbocycles. The summed E-state index contributed by atoms with van der Waals surface area (Å²) < 4.78 is 30.7. The van der Waals surface area contributed by atoms with E-state index in [0.29, 0.717) is 0 Å². The number of benzene rings is 1. The summed E-state index contributed by atoms with van der Waals surface area (Å²) in [5, 5.41) is 4.44. The van der Waals surface area contributed by atoms with Crippen LogP contribution in [0.1, 0.15) is 27.7 Å². The van der Waals surface area contributed by atoms with E-state index in [1.165, 1.54) is 24.5 Å². The number of hydrogen-bond donors (Lipinski definition) is 1. The molecule has 0 aliphatic heterocycles. The highest BCUT2D eigenvalue weighted by Gasteiger charge is 2.21. The number of nitrogens with one attached hydrogen (secondary N) is 1. The normalized spacial score (nSPS) is 11.8. The third-order valence-electron chi connectivity index (χ3n) is 2.97. The molecule has 1 amide bonds. The first-order valence-electron chi connectivity index (χ1n) is 6.37. The van der Waals surface area contributed by atoms with Crippen molar-refractivity contribution in [1.82, 2.24) is 5.32 Å². The van der Waals surface area contributed by atoms with Gasteiger partial charge < -0.3 is 10.1 Å². The van der Waals surface area contributed by atoms with Crippen LogP contribution in [0.15, 0.2) is 35.7 Å². The van der Waals surface area contributed by atoms with E-state index in [9.17, 15) is 18.4 Å². The van der Waals surface area contributed by atoms with Crippen molar-refractivity contribution in [3.8, 4) is 0 Å². The monoisotopic (exact) mass is 325 g/mol. The van der Waals surface area contributed by atoms with Gasteiger partial charge in [0.25, 0.3) is 5.91 Å². The Morgan fingerprint density at radius 1 is 1.27 bits per heavy atom. The summed E-state index contributed by atoms with van der Waals surface area (Å²) in [5.41, 5.74) is -0.0229. The highest BCUT2D eigenvalue weighted by molar-refractivity contribution is 7.10. The molecule has 0 fully saturated rings. The van der Waals surface area contributed by atoms with Gasteiger partial charge in [0.05, 0.1) is 19.6 Å². The molecule has 0 saturated carbocycles. The van der Waals surface area contributed by atoms with E-state index in [1.807, 2.05) is 5.38 Å². The van der Waals surface area contributed by atoms with Crippen LogP contribution in [0.4, 0.5) is 8.78 Å². The highest BCUT2D eigenvalue weighted by Crippen LogP contribution is 2.23. The van der Waals surface area contributed by atoms with Crippen LogP contribution in [0, 0.1) is 11.6 Å². The number of halogens is 2. The molecule has 2 aromatic rings. The Labute approximate surface area is 129 Å². The van der Waals surface area contributed by atoms with E-state index < -0.39 is 29.6 Å². The summed E-state index contributed by atoms with van der Waals surface area (Å²) in [6.45, 7) is 0. The first-order valence-corrected chi connectivity index (χ1v) is 7.25. The van der Waals surface area contributed by atoms with Crippen LogP contribution in [0.25, 0.3) is 0 Å². The predicted octanol–water partition coefficient (Wildman–Crippen LogP) is 3.06. The third kappa shape index (κ3) is 3.88. The van der Waals surface area contributed by atoms with Crippen LogP contribution in [-0.2, 0) is 9.53 Å². The molecule has 7 heteroatoms. The minimum Gasteiger partial charge on any atom is -0.469 e. The number of methoxy groups -OCH3 is 1. The molecule has 0 spiro atoms. The number of carbonyl (C=O) groups excluding carboxylic acids is 2. The maximum absolute atomic E-state index is 13.2. The fourth-order valence-corrected chi connectivity index (χ4v) is 2.62. The van der Waals surface area contributed by atoms with Gasteiger partial charge in [-0.25, -0.2) is 8.78 Å². The summed E-state index contributed by atoms with van der Waals surface area (Å²) in [7, 11) is 1.25. The molecule has 0 aliphatic rings. The predicted molar refractivity (Wildman–Crippen MR) is 77.5 cm³/mol. The molecule has 4 nitrogen and oxygen atoms in total. The van der Waals surface area contributed by atoms with E-state index in [1.54, 1.807) is 12.1 Å². The Balaban J connectivity index is 2.17. The molecule has 1 heterocycles. The molecule has 22 heavy (non-hydrogen) atoms. The average molecular weight is 325 g/mol. The maximum Gasteiger partial charge on any atom is 0.307 e. The zero-order valence-corrected chi connectivity index (χ0v) is 12.5. The second-order valence-electron chi connectivity index (χ2n) is 4.45. The number of carbonyl (C=O) groups is 2. The molecule has 0 aliphatic carbocycles. The van der Waals surface area contributed by atoms with Gasteiger partial charge in [-0.15, -0.1) is 11.3 Å². The summed E-state index contributed by atoms with van der Waals surface area (Å²) >= 11 is 1.37.